The minimum absolute atomic E-state index is 0.597. The Hall–Kier alpha value is -8.41. The lowest BCUT2D eigenvalue weighted by atomic mass is 10.0. The molecule has 0 N–H and O–H groups in total. The van der Waals surface area contributed by atoms with E-state index in [-0.39, 0.29) is 0 Å². The predicted molar refractivity (Wildman–Crippen MR) is 254 cm³/mol. The van der Waals surface area contributed by atoms with Crippen LogP contribution >= 0.6 is 0 Å². The fourth-order valence-electron chi connectivity index (χ4n) is 8.24. The van der Waals surface area contributed by atoms with E-state index < -0.39 is 0 Å². The van der Waals surface area contributed by atoms with Gasteiger partial charge in [0.2, 0.25) is 0 Å². The quantitative estimate of drug-likeness (QED) is 0.146. The van der Waals surface area contributed by atoms with E-state index in [4.69, 9.17) is 19.4 Å². The Kier molecular flexibility index (Phi) is 9.45. The highest BCUT2D eigenvalue weighted by atomic mass is 16.3. The molecule has 62 heavy (non-hydrogen) atoms. The highest BCUT2D eigenvalue weighted by molar-refractivity contribution is 6.12. The first-order chi connectivity index (χ1) is 30.7. The molecular weight excluding hydrogens is 757 g/mol. The molecule has 2 aromatic heterocycles. The van der Waals surface area contributed by atoms with Gasteiger partial charge in [0.1, 0.15) is 11.2 Å². The van der Waals surface area contributed by atoms with Crippen LogP contribution in [0, 0.1) is 0 Å². The molecule has 0 amide bonds. The molecule has 0 fully saturated rings. The van der Waals surface area contributed by atoms with E-state index in [0.717, 1.165) is 66.8 Å². The molecule has 2 heterocycles. The number of nitrogens with zero attached hydrogens (tertiary/aromatic N) is 4. The summed E-state index contributed by atoms with van der Waals surface area (Å²) < 4.78 is 6.59. The molecule has 11 rings (SSSR count). The molecule has 9 aromatic carbocycles. The van der Waals surface area contributed by atoms with Crippen LogP contribution < -0.4 is 4.90 Å². The van der Waals surface area contributed by atoms with E-state index in [2.05, 4.69) is 163 Å². The molecule has 0 aliphatic rings. The average Bonchev–Trinajstić information content (AvgIpc) is 3.74. The first kappa shape index (κ1) is 36.7. The fraction of sp³-hybridized carbons (Fsp3) is 0. The largest absolute Gasteiger partial charge is 0.456 e. The van der Waals surface area contributed by atoms with Crippen molar-refractivity contribution in [2.24, 2.45) is 0 Å². The zero-order valence-corrected chi connectivity index (χ0v) is 33.6. The van der Waals surface area contributed by atoms with Gasteiger partial charge in [-0.3, -0.25) is 0 Å². The van der Waals surface area contributed by atoms with Crippen molar-refractivity contribution in [1.82, 2.24) is 15.0 Å². The lowest BCUT2D eigenvalue weighted by Gasteiger charge is -2.26. The van der Waals surface area contributed by atoms with Crippen molar-refractivity contribution in [3.05, 3.63) is 231 Å². The van der Waals surface area contributed by atoms with Crippen molar-refractivity contribution in [3.8, 4) is 67.5 Å². The summed E-state index contributed by atoms with van der Waals surface area (Å²) in [7, 11) is 0. The van der Waals surface area contributed by atoms with Crippen LogP contribution in [0.4, 0.5) is 17.1 Å². The molecule has 0 saturated carbocycles. The summed E-state index contributed by atoms with van der Waals surface area (Å²) in [5, 5.41) is 1.98. The Morgan fingerprint density at radius 3 is 1.15 bits per heavy atom. The summed E-state index contributed by atoms with van der Waals surface area (Å²) in [6.07, 6.45) is 0. The van der Waals surface area contributed by atoms with E-state index in [1.807, 2.05) is 72.8 Å². The SMILES string of the molecule is c1ccc(-c2ccc(N(c3ccc(-c4ccccc4)cc3)c3ccc(-c4ccc5c(c4)oc4cccc(-c6nc(-c7ccccc7)nc(-c7ccccc7)n6)c45)cc3)cc2)cc1. The molecule has 0 aliphatic heterocycles. The van der Waals surface area contributed by atoms with E-state index >= 15 is 0 Å². The summed E-state index contributed by atoms with van der Waals surface area (Å²) in [5.74, 6) is 1.84. The van der Waals surface area contributed by atoms with Gasteiger partial charge in [-0.1, -0.05) is 176 Å². The van der Waals surface area contributed by atoms with Gasteiger partial charge in [-0.05, 0) is 88.0 Å². The Morgan fingerprint density at radius 1 is 0.290 bits per heavy atom. The molecule has 0 radical (unpaired) electrons. The van der Waals surface area contributed by atoms with Crippen LogP contribution in [0.15, 0.2) is 235 Å². The predicted octanol–water partition coefficient (Wildman–Crippen LogP) is 15.2. The van der Waals surface area contributed by atoms with Gasteiger partial charge in [-0.15, -0.1) is 0 Å². The fourth-order valence-corrected chi connectivity index (χ4v) is 8.24. The number of furan rings is 1. The minimum atomic E-state index is 0.597. The number of hydrogen-bond donors (Lipinski definition) is 0. The van der Waals surface area contributed by atoms with E-state index in [9.17, 15) is 0 Å². The third kappa shape index (κ3) is 7.08. The second kappa shape index (κ2) is 16.0. The van der Waals surface area contributed by atoms with Gasteiger partial charge in [0.15, 0.2) is 17.5 Å². The number of anilines is 3. The molecule has 5 nitrogen and oxygen atoms in total. The number of fused-ring (bicyclic) bond motifs is 3. The van der Waals surface area contributed by atoms with Crippen LogP contribution in [0.25, 0.3) is 89.5 Å². The third-order valence-electron chi connectivity index (χ3n) is 11.4. The molecule has 0 atom stereocenters. The van der Waals surface area contributed by atoms with Gasteiger partial charge < -0.3 is 9.32 Å². The second-order valence-electron chi connectivity index (χ2n) is 15.2. The summed E-state index contributed by atoms with van der Waals surface area (Å²) in [6.45, 7) is 0. The first-order valence-electron chi connectivity index (χ1n) is 20.8. The lowest BCUT2D eigenvalue weighted by Crippen LogP contribution is -2.09. The second-order valence-corrected chi connectivity index (χ2v) is 15.2. The van der Waals surface area contributed by atoms with Crippen LogP contribution in [0.2, 0.25) is 0 Å². The first-order valence-corrected chi connectivity index (χ1v) is 20.8. The van der Waals surface area contributed by atoms with Crippen LogP contribution in [0.1, 0.15) is 0 Å². The van der Waals surface area contributed by atoms with Crippen LogP contribution in [0.3, 0.4) is 0 Å². The Morgan fingerprint density at radius 2 is 0.677 bits per heavy atom. The summed E-state index contributed by atoms with van der Waals surface area (Å²) in [6, 6.07) is 80.0. The molecular formula is C57H38N4O. The normalized spacial score (nSPS) is 11.2. The van der Waals surface area contributed by atoms with E-state index in [1.54, 1.807) is 0 Å². The van der Waals surface area contributed by atoms with Crippen LogP contribution in [-0.4, -0.2) is 15.0 Å². The number of aromatic nitrogens is 3. The maximum absolute atomic E-state index is 6.59. The zero-order valence-electron chi connectivity index (χ0n) is 33.6. The Bertz CT molecular complexity index is 3160. The van der Waals surface area contributed by atoms with Gasteiger partial charge in [-0.2, -0.15) is 0 Å². The van der Waals surface area contributed by atoms with Crippen molar-refractivity contribution in [2.75, 3.05) is 4.90 Å². The highest BCUT2D eigenvalue weighted by Crippen LogP contribution is 2.40. The molecule has 0 aliphatic carbocycles. The van der Waals surface area contributed by atoms with Crippen molar-refractivity contribution in [3.63, 3.8) is 0 Å². The molecule has 0 saturated heterocycles. The Balaban J connectivity index is 0.954. The van der Waals surface area contributed by atoms with Crippen molar-refractivity contribution >= 4 is 39.0 Å². The van der Waals surface area contributed by atoms with Crippen molar-refractivity contribution < 1.29 is 4.42 Å². The Labute approximate surface area is 359 Å². The summed E-state index contributed by atoms with van der Waals surface area (Å²) in [4.78, 5) is 17.3. The molecule has 11 aromatic rings. The maximum Gasteiger partial charge on any atom is 0.164 e. The van der Waals surface area contributed by atoms with Gasteiger partial charge in [0.25, 0.3) is 0 Å². The number of benzene rings is 9. The zero-order chi connectivity index (χ0) is 41.2. The minimum Gasteiger partial charge on any atom is -0.456 e. The molecule has 0 bridgehead atoms. The van der Waals surface area contributed by atoms with Gasteiger partial charge >= 0.3 is 0 Å². The van der Waals surface area contributed by atoms with Crippen molar-refractivity contribution in [2.45, 2.75) is 0 Å². The number of hydrogen-bond acceptors (Lipinski definition) is 5. The van der Waals surface area contributed by atoms with Gasteiger partial charge in [0, 0.05) is 44.5 Å². The highest BCUT2D eigenvalue weighted by Gasteiger charge is 2.19. The lowest BCUT2D eigenvalue weighted by molar-refractivity contribution is 0.669. The maximum atomic E-state index is 6.59. The smallest absolute Gasteiger partial charge is 0.164 e. The molecule has 5 heteroatoms. The third-order valence-corrected chi connectivity index (χ3v) is 11.4. The number of rotatable bonds is 9. The molecule has 292 valence electrons. The van der Waals surface area contributed by atoms with Crippen LogP contribution in [0.5, 0.6) is 0 Å². The topological polar surface area (TPSA) is 55.1 Å². The van der Waals surface area contributed by atoms with Gasteiger partial charge in [0.05, 0.1) is 0 Å². The van der Waals surface area contributed by atoms with Crippen molar-refractivity contribution in [1.29, 1.82) is 0 Å². The summed E-state index contributed by atoms with van der Waals surface area (Å²) >= 11 is 0. The molecule has 0 unspecified atom stereocenters. The summed E-state index contributed by atoms with van der Waals surface area (Å²) in [5.41, 5.74) is 14.4. The average molecular weight is 795 g/mol. The van der Waals surface area contributed by atoms with Crippen LogP contribution in [-0.2, 0) is 0 Å². The monoisotopic (exact) mass is 794 g/mol. The van der Waals surface area contributed by atoms with Gasteiger partial charge in [-0.25, -0.2) is 15.0 Å². The van der Waals surface area contributed by atoms with E-state index in [1.165, 1.54) is 22.3 Å². The molecule has 0 spiro atoms. The standard InChI is InChI=1S/C57H38N4O/c1-5-14-39(15-6-1)41-24-31-47(32-25-41)61(48-33-26-42(27-34-48)40-16-7-2-8-17-40)49-35-28-43(29-36-49)46-30-37-50-53(38-46)62-52-23-13-22-51(54(50)52)57-59-55(44-18-9-3-10-19-44)58-56(60-57)45-20-11-4-12-21-45/h1-38H. The van der Waals surface area contributed by atoms with E-state index in [0.29, 0.717) is 17.5 Å².